The Kier molecular flexibility index (Phi) is 5.59. The highest BCUT2D eigenvalue weighted by atomic mass is 16.2. The Morgan fingerprint density at radius 1 is 1.09 bits per heavy atom. The van der Waals surface area contributed by atoms with Gasteiger partial charge in [0.15, 0.2) is 0 Å². The molecule has 0 aromatic heterocycles. The van der Waals surface area contributed by atoms with Crippen LogP contribution in [0.3, 0.4) is 0 Å². The average Bonchev–Trinajstić information content (AvgIpc) is 2.45. The van der Waals surface area contributed by atoms with Crippen molar-refractivity contribution < 1.29 is 4.79 Å². The average molecular weight is 303 g/mol. The Hall–Kier alpha value is -1.39. The third-order valence-electron chi connectivity index (χ3n) is 4.61. The molecule has 1 aliphatic rings. The van der Waals surface area contributed by atoms with Gasteiger partial charge in [0.25, 0.3) is 0 Å². The van der Waals surface area contributed by atoms with E-state index in [9.17, 15) is 4.79 Å². The number of benzene rings is 1. The number of anilines is 1. The minimum atomic E-state index is -0.0599. The first kappa shape index (κ1) is 17.0. The van der Waals surface area contributed by atoms with Gasteiger partial charge in [-0.3, -0.25) is 9.69 Å². The van der Waals surface area contributed by atoms with Crippen molar-refractivity contribution in [3.8, 4) is 0 Å². The van der Waals surface area contributed by atoms with E-state index in [1.54, 1.807) is 0 Å². The van der Waals surface area contributed by atoms with E-state index < -0.39 is 0 Å². The molecule has 1 unspecified atom stereocenters. The SMILES string of the molecule is Cc1ccc(NC(=O)C(C(C)C)N2CCN(C)CC2)cc1C. The highest BCUT2D eigenvalue weighted by molar-refractivity contribution is 5.95. The summed E-state index contributed by atoms with van der Waals surface area (Å²) in [6.07, 6.45) is 0. The van der Waals surface area contributed by atoms with Gasteiger partial charge in [-0.25, -0.2) is 0 Å². The second-order valence-electron chi connectivity index (χ2n) is 6.82. The first-order valence-corrected chi connectivity index (χ1v) is 8.19. The van der Waals surface area contributed by atoms with E-state index >= 15 is 0 Å². The third-order valence-corrected chi connectivity index (χ3v) is 4.61. The van der Waals surface area contributed by atoms with Crippen molar-refractivity contribution in [2.45, 2.75) is 33.7 Å². The zero-order valence-corrected chi connectivity index (χ0v) is 14.5. The Bertz CT molecular complexity index is 519. The molecule has 1 N–H and O–H groups in total. The smallest absolute Gasteiger partial charge is 0.241 e. The van der Waals surface area contributed by atoms with Gasteiger partial charge in [0.2, 0.25) is 5.91 Å². The summed E-state index contributed by atoms with van der Waals surface area (Å²) in [5.41, 5.74) is 3.35. The molecule has 0 spiro atoms. The normalized spacial score (nSPS) is 18.5. The van der Waals surface area contributed by atoms with E-state index in [1.807, 2.05) is 6.07 Å². The quantitative estimate of drug-likeness (QED) is 0.928. The van der Waals surface area contributed by atoms with E-state index in [0.29, 0.717) is 5.92 Å². The van der Waals surface area contributed by atoms with Gasteiger partial charge in [-0.2, -0.15) is 0 Å². The van der Waals surface area contributed by atoms with Gasteiger partial charge in [-0.05, 0) is 50.1 Å². The molecule has 0 saturated carbocycles. The molecule has 1 aromatic carbocycles. The Morgan fingerprint density at radius 3 is 2.27 bits per heavy atom. The lowest BCUT2D eigenvalue weighted by atomic mass is 10.00. The molecule has 2 rings (SSSR count). The van der Waals surface area contributed by atoms with Gasteiger partial charge >= 0.3 is 0 Å². The lowest BCUT2D eigenvalue weighted by Crippen LogP contribution is -2.54. The lowest BCUT2D eigenvalue weighted by Gasteiger charge is -2.38. The van der Waals surface area contributed by atoms with Crippen molar-refractivity contribution in [1.29, 1.82) is 0 Å². The van der Waals surface area contributed by atoms with Crippen molar-refractivity contribution in [3.63, 3.8) is 0 Å². The molecular formula is C18H29N3O. The lowest BCUT2D eigenvalue weighted by molar-refractivity contribution is -0.123. The van der Waals surface area contributed by atoms with Gasteiger partial charge in [0.05, 0.1) is 6.04 Å². The summed E-state index contributed by atoms with van der Waals surface area (Å²) in [5.74, 6) is 0.415. The van der Waals surface area contributed by atoms with Gasteiger partial charge in [-0.1, -0.05) is 19.9 Å². The van der Waals surface area contributed by atoms with Gasteiger partial charge in [0, 0.05) is 31.9 Å². The van der Waals surface area contributed by atoms with Crippen LogP contribution < -0.4 is 5.32 Å². The van der Waals surface area contributed by atoms with Crippen molar-refractivity contribution in [1.82, 2.24) is 9.80 Å². The number of nitrogens with one attached hydrogen (secondary N) is 1. The number of piperazine rings is 1. The molecule has 0 aliphatic carbocycles. The second-order valence-corrected chi connectivity index (χ2v) is 6.82. The fourth-order valence-corrected chi connectivity index (χ4v) is 3.03. The van der Waals surface area contributed by atoms with Crippen LogP contribution in [0.15, 0.2) is 18.2 Å². The molecule has 122 valence electrons. The van der Waals surface area contributed by atoms with Crippen LogP contribution in [0.1, 0.15) is 25.0 Å². The number of rotatable bonds is 4. The number of hydrogen-bond donors (Lipinski definition) is 1. The van der Waals surface area contributed by atoms with Crippen molar-refractivity contribution in [3.05, 3.63) is 29.3 Å². The van der Waals surface area contributed by atoms with Gasteiger partial charge < -0.3 is 10.2 Å². The molecule has 0 radical (unpaired) electrons. The minimum Gasteiger partial charge on any atom is -0.325 e. The van der Waals surface area contributed by atoms with Crippen LogP contribution in [-0.2, 0) is 4.79 Å². The first-order chi connectivity index (χ1) is 10.4. The van der Waals surface area contributed by atoms with Crippen LogP contribution in [0.4, 0.5) is 5.69 Å². The fraction of sp³-hybridized carbons (Fsp3) is 0.611. The molecule has 1 heterocycles. The number of carbonyl (C=O) groups is 1. The monoisotopic (exact) mass is 303 g/mol. The number of carbonyl (C=O) groups excluding carboxylic acids is 1. The summed E-state index contributed by atoms with van der Waals surface area (Å²) in [6, 6.07) is 6.04. The van der Waals surface area contributed by atoms with Crippen LogP contribution >= 0.6 is 0 Å². The topological polar surface area (TPSA) is 35.6 Å². The van der Waals surface area contributed by atoms with Gasteiger partial charge in [-0.15, -0.1) is 0 Å². The highest BCUT2D eigenvalue weighted by Crippen LogP contribution is 2.18. The van der Waals surface area contributed by atoms with E-state index in [-0.39, 0.29) is 11.9 Å². The van der Waals surface area contributed by atoms with Crippen LogP contribution in [0.25, 0.3) is 0 Å². The molecule has 1 atom stereocenters. The largest absolute Gasteiger partial charge is 0.325 e. The van der Waals surface area contributed by atoms with Crippen LogP contribution in [-0.4, -0.2) is 55.0 Å². The van der Waals surface area contributed by atoms with Crippen LogP contribution in [0, 0.1) is 19.8 Å². The Balaban J connectivity index is 2.07. The van der Waals surface area contributed by atoms with E-state index in [4.69, 9.17) is 0 Å². The van der Waals surface area contributed by atoms with Crippen molar-refractivity contribution >= 4 is 11.6 Å². The number of likely N-dealkylation sites (N-methyl/N-ethyl adjacent to an activating group) is 1. The summed E-state index contributed by atoms with van der Waals surface area (Å²) >= 11 is 0. The molecule has 1 saturated heterocycles. The molecule has 1 amide bonds. The number of amides is 1. The summed E-state index contributed by atoms with van der Waals surface area (Å²) in [4.78, 5) is 17.4. The number of hydrogen-bond acceptors (Lipinski definition) is 3. The molecule has 4 nitrogen and oxygen atoms in total. The second kappa shape index (κ2) is 7.25. The summed E-state index contributed by atoms with van der Waals surface area (Å²) in [6.45, 7) is 12.4. The van der Waals surface area contributed by atoms with E-state index in [1.165, 1.54) is 11.1 Å². The molecule has 4 heteroatoms. The van der Waals surface area contributed by atoms with Gasteiger partial charge in [0.1, 0.15) is 0 Å². The Morgan fingerprint density at radius 2 is 1.73 bits per heavy atom. The van der Waals surface area contributed by atoms with Crippen molar-refractivity contribution in [2.24, 2.45) is 5.92 Å². The minimum absolute atomic E-state index is 0.0599. The predicted octanol–water partition coefficient (Wildman–Crippen LogP) is 2.51. The zero-order valence-electron chi connectivity index (χ0n) is 14.5. The van der Waals surface area contributed by atoms with Crippen LogP contribution in [0.5, 0.6) is 0 Å². The number of nitrogens with zero attached hydrogens (tertiary/aromatic N) is 2. The Labute approximate surface area is 134 Å². The third kappa shape index (κ3) is 4.08. The van der Waals surface area contributed by atoms with E-state index in [2.05, 4.69) is 62.0 Å². The molecule has 0 bridgehead atoms. The summed E-state index contributed by atoms with van der Waals surface area (Å²) in [5, 5.41) is 3.11. The summed E-state index contributed by atoms with van der Waals surface area (Å²) in [7, 11) is 2.14. The zero-order chi connectivity index (χ0) is 16.3. The van der Waals surface area contributed by atoms with E-state index in [0.717, 1.165) is 31.9 Å². The maximum atomic E-state index is 12.8. The summed E-state index contributed by atoms with van der Waals surface area (Å²) < 4.78 is 0. The highest BCUT2D eigenvalue weighted by Gasteiger charge is 2.30. The number of aryl methyl sites for hydroxylation is 2. The molecule has 1 aromatic rings. The molecule has 22 heavy (non-hydrogen) atoms. The molecule has 1 fully saturated rings. The fourth-order valence-electron chi connectivity index (χ4n) is 3.03. The standard InChI is InChI=1S/C18H29N3O/c1-13(2)17(21-10-8-20(5)9-11-21)18(22)19-16-7-6-14(3)15(4)12-16/h6-7,12-13,17H,8-11H2,1-5H3,(H,19,22). The van der Waals surface area contributed by atoms with Crippen molar-refractivity contribution in [2.75, 3.05) is 38.5 Å². The maximum Gasteiger partial charge on any atom is 0.241 e. The molecular weight excluding hydrogens is 274 g/mol. The van der Waals surface area contributed by atoms with Crippen LogP contribution in [0.2, 0.25) is 0 Å². The first-order valence-electron chi connectivity index (χ1n) is 8.19. The maximum absolute atomic E-state index is 12.8. The molecule has 1 aliphatic heterocycles. The predicted molar refractivity (Wildman–Crippen MR) is 92.2 cm³/mol.